The first kappa shape index (κ1) is 18.1. The summed E-state index contributed by atoms with van der Waals surface area (Å²) >= 11 is 1.24. The maximum atomic E-state index is 12.3. The van der Waals surface area contributed by atoms with Crippen LogP contribution in [-0.2, 0) is 11.2 Å². The molecule has 0 amide bonds. The van der Waals surface area contributed by atoms with Gasteiger partial charge in [-0.05, 0) is 11.8 Å². The summed E-state index contributed by atoms with van der Waals surface area (Å²) in [4.78, 5) is 16.4. The topological polar surface area (TPSA) is 105 Å². The average molecular weight is 364 g/mol. The highest BCUT2D eigenvalue weighted by Crippen LogP contribution is 2.31. The maximum absolute atomic E-state index is 12.3. The van der Waals surface area contributed by atoms with Gasteiger partial charge in [0.2, 0.25) is 0 Å². The summed E-state index contributed by atoms with van der Waals surface area (Å²) in [5.74, 6) is 0. The Labute approximate surface area is 148 Å². The van der Waals surface area contributed by atoms with E-state index < -0.39 is 31.1 Å². The minimum Gasteiger partial charge on any atom is -0.394 e. The van der Waals surface area contributed by atoms with Gasteiger partial charge in [-0.1, -0.05) is 42.1 Å². The molecule has 1 aliphatic heterocycles. The molecule has 1 saturated heterocycles. The van der Waals surface area contributed by atoms with Crippen LogP contribution in [0, 0.1) is 0 Å². The van der Waals surface area contributed by atoms with Crippen molar-refractivity contribution in [3.63, 3.8) is 0 Å². The van der Waals surface area contributed by atoms with E-state index in [-0.39, 0.29) is 5.56 Å². The Morgan fingerprint density at radius 3 is 2.56 bits per heavy atom. The molecule has 25 heavy (non-hydrogen) atoms. The fraction of sp³-hybridized carbons (Fsp3) is 0.412. The summed E-state index contributed by atoms with van der Waals surface area (Å²) in [6.07, 6.45) is -0.469. The second kappa shape index (κ2) is 7.67. The quantitative estimate of drug-likeness (QED) is 0.513. The fourth-order valence-electron chi connectivity index (χ4n) is 2.87. The van der Waals surface area contributed by atoms with Crippen molar-refractivity contribution in [2.24, 2.45) is 0 Å². The third-order valence-corrected chi connectivity index (χ3v) is 4.87. The van der Waals surface area contributed by atoms with E-state index in [0.29, 0.717) is 17.1 Å². The molecule has 2 aromatic rings. The van der Waals surface area contributed by atoms with Crippen molar-refractivity contribution in [2.75, 3.05) is 12.9 Å². The van der Waals surface area contributed by atoms with Crippen LogP contribution < -0.4 is 5.56 Å². The summed E-state index contributed by atoms with van der Waals surface area (Å²) in [6.45, 7) is -0.409. The van der Waals surface area contributed by atoms with Crippen molar-refractivity contribution in [2.45, 2.75) is 36.1 Å². The van der Waals surface area contributed by atoms with Crippen molar-refractivity contribution < 1.29 is 20.1 Å². The highest BCUT2D eigenvalue weighted by Gasteiger charge is 2.43. The molecular weight excluding hydrogens is 344 g/mol. The van der Waals surface area contributed by atoms with Crippen LogP contribution in [0.15, 0.2) is 46.5 Å². The summed E-state index contributed by atoms with van der Waals surface area (Å²) in [7, 11) is 0. The van der Waals surface area contributed by atoms with Crippen molar-refractivity contribution in [1.82, 2.24) is 9.55 Å². The van der Waals surface area contributed by atoms with Crippen molar-refractivity contribution in [1.29, 1.82) is 0 Å². The highest BCUT2D eigenvalue weighted by atomic mass is 32.2. The predicted molar refractivity (Wildman–Crippen MR) is 92.5 cm³/mol. The van der Waals surface area contributed by atoms with Crippen LogP contribution in [-0.4, -0.2) is 56.0 Å². The van der Waals surface area contributed by atoms with E-state index in [0.717, 1.165) is 5.56 Å². The first-order valence-corrected chi connectivity index (χ1v) is 9.10. The number of rotatable bonds is 5. The number of benzene rings is 1. The van der Waals surface area contributed by atoms with Gasteiger partial charge in [0.1, 0.15) is 18.3 Å². The number of aromatic nitrogens is 2. The second-order valence-corrected chi connectivity index (χ2v) is 6.63. The summed E-state index contributed by atoms with van der Waals surface area (Å²) in [5.41, 5.74) is 1.09. The zero-order chi connectivity index (χ0) is 18.0. The molecule has 4 atom stereocenters. The molecule has 3 N–H and O–H groups in total. The molecule has 1 aromatic carbocycles. The molecule has 134 valence electrons. The van der Waals surface area contributed by atoms with E-state index in [9.17, 15) is 20.1 Å². The van der Waals surface area contributed by atoms with Crippen LogP contribution >= 0.6 is 11.8 Å². The predicted octanol–water partition coefficient (Wildman–Crippen LogP) is 0.167. The minimum absolute atomic E-state index is 0.337. The van der Waals surface area contributed by atoms with Gasteiger partial charge in [0.25, 0.3) is 5.56 Å². The molecule has 1 aromatic heterocycles. The zero-order valence-corrected chi connectivity index (χ0v) is 14.5. The monoisotopic (exact) mass is 364 g/mol. The first-order valence-electron chi connectivity index (χ1n) is 7.87. The molecule has 1 aliphatic rings. The second-order valence-electron chi connectivity index (χ2n) is 5.86. The largest absolute Gasteiger partial charge is 0.394 e. The lowest BCUT2D eigenvalue weighted by Gasteiger charge is -2.21. The van der Waals surface area contributed by atoms with Crippen molar-refractivity contribution in [3.05, 3.63) is 58.0 Å². The van der Waals surface area contributed by atoms with Crippen LogP contribution in [0.25, 0.3) is 0 Å². The maximum Gasteiger partial charge on any atom is 0.277 e. The molecule has 0 spiro atoms. The molecule has 3 rings (SSSR count). The van der Waals surface area contributed by atoms with Gasteiger partial charge in [-0.3, -0.25) is 9.36 Å². The van der Waals surface area contributed by atoms with Gasteiger partial charge in [-0.2, -0.15) is 4.98 Å². The third kappa shape index (κ3) is 3.63. The molecule has 1 fully saturated rings. The van der Waals surface area contributed by atoms with Gasteiger partial charge < -0.3 is 20.1 Å². The van der Waals surface area contributed by atoms with E-state index in [2.05, 4.69) is 4.98 Å². The SMILES string of the molecule is CSc1nc(=O)c(Cc2ccccc2)cn1[C@@H]1O[C@H](CO)[C@@H](O)[C@H]1O. The number of nitrogens with zero attached hydrogens (tertiary/aromatic N) is 2. The lowest BCUT2D eigenvalue weighted by molar-refractivity contribution is -0.0578. The van der Waals surface area contributed by atoms with Gasteiger partial charge >= 0.3 is 0 Å². The van der Waals surface area contributed by atoms with E-state index in [1.54, 1.807) is 17.0 Å². The Morgan fingerprint density at radius 2 is 1.96 bits per heavy atom. The van der Waals surface area contributed by atoms with Gasteiger partial charge in [-0.25, -0.2) is 0 Å². The van der Waals surface area contributed by atoms with Crippen LogP contribution in [0.5, 0.6) is 0 Å². The third-order valence-electron chi connectivity index (χ3n) is 4.20. The lowest BCUT2D eigenvalue weighted by atomic mass is 10.1. The number of thioether (sulfide) groups is 1. The van der Waals surface area contributed by atoms with Crippen molar-refractivity contribution in [3.8, 4) is 0 Å². The summed E-state index contributed by atoms with van der Waals surface area (Å²) in [6, 6.07) is 9.51. The summed E-state index contributed by atoms with van der Waals surface area (Å²) < 4.78 is 7.12. The normalized spacial score (nSPS) is 26.1. The smallest absolute Gasteiger partial charge is 0.277 e. The molecule has 8 heteroatoms. The molecule has 2 heterocycles. The molecule has 0 radical (unpaired) electrons. The molecule has 0 bridgehead atoms. The van der Waals surface area contributed by atoms with Crippen LogP contribution in [0.4, 0.5) is 0 Å². The fourth-order valence-corrected chi connectivity index (χ4v) is 3.42. The van der Waals surface area contributed by atoms with Crippen LogP contribution in [0.2, 0.25) is 0 Å². The molecular formula is C17H20N2O5S. The molecule has 0 unspecified atom stereocenters. The highest BCUT2D eigenvalue weighted by molar-refractivity contribution is 7.98. The number of aliphatic hydroxyl groups excluding tert-OH is 3. The zero-order valence-electron chi connectivity index (χ0n) is 13.6. The summed E-state index contributed by atoms with van der Waals surface area (Å²) in [5, 5.41) is 29.9. The lowest BCUT2D eigenvalue weighted by Crippen LogP contribution is -2.33. The van der Waals surface area contributed by atoms with Gasteiger partial charge in [0, 0.05) is 18.2 Å². The minimum atomic E-state index is -1.23. The molecule has 0 saturated carbocycles. The number of hydrogen-bond acceptors (Lipinski definition) is 7. The first-order chi connectivity index (χ1) is 12.0. The standard InChI is InChI=1S/C17H20N2O5S/c1-25-17-18-15(23)11(7-10-5-3-2-4-6-10)8-19(17)16-14(22)13(21)12(9-20)24-16/h2-6,8,12-14,16,20-22H,7,9H2,1H3/t12-,13-,14-,16-/m1/s1. The average Bonchev–Trinajstić information content (AvgIpc) is 2.92. The van der Waals surface area contributed by atoms with E-state index in [1.165, 1.54) is 11.8 Å². The Hall–Kier alpha value is -1.71. The van der Waals surface area contributed by atoms with E-state index in [1.807, 2.05) is 30.3 Å². The van der Waals surface area contributed by atoms with Gasteiger partial charge in [0.05, 0.1) is 6.61 Å². The van der Waals surface area contributed by atoms with Gasteiger partial charge in [0.15, 0.2) is 11.4 Å². The number of ether oxygens (including phenoxy) is 1. The van der Waals surface area contributed by atoms with E-state index in [4.69, 9.17) is 4.74 Å². The van der Waals surface area contributed by atoms with Gasteiger partial charge in [-0.15, -0.1) is 0 Å². The molecule has 7 nitrogen and oxygen atoms in total. The Bertz CT molecular complexity index is 782. The number of aliphatic hydroxyl groups is 3. The van der Waals surface area contributed by atoms with E-state index >= 15 is 0 Å². The van der Waals surface area contributed by atoms with Crippen LogP contribution in [0.3, 0.4) is 0 Å². The Morgan fingerprint density at radius 1 is 1.24 bits per heavy atom. The Balaban J connectivity index is 1.98. The Kier molecular flexibility index (Phi) is 5.55. The molecule has 0 aliphatic carbocycles. The van der Waals surface area contributed by atoms with Crippen molar-refractivity contribution >= 4 is 11.8 Å². The number of hydrogen-bond donors (Lipinski definition) is 3. The van der Waals surface area contributed by atoms with Crippen LogP contribution in [0.1, 0.15) is 17.4 Å².